The molecule has 0 fully saturated rings. The number of nitrogens with two attached hydrogens (primary N) is 1. The summed E-state index contributed by atoms with van der Waals surface area (Å²) < 4.78 is 32.8. The Morgan fingerprint density at radius 1 is 1.00 bits per heavy atom. The van der Waals surface area contributed by atoms with Crippen molar-refractivity contribution in [2.45, 2.75) is 24.8 Å². The number of carbonyl (C=O) groups excluding carboxylic acids is 3. The van der Waals surface area contributed by atoms with E-state index in [1.165, 1.54) is 24.3 Å². The first-order valence-electron chi connectivity index (χ1n) is 11.6. The summed E-state index contributed by atoms with van der Waals surface area (Å²) in [4.78, 5) is 38.1. The van der Waals surface area contributed by atoms with E-state index in [0.717, 1.165) is 16.9 Å². The number of thiophene rings is 1. The summed E-state index contributed by atoms with van der Waals surface area (Å²) in [6, 6.07) is 13.8. The lowest BCUT2D eigenvalue weighted by Gasteiger charge is -2.18. The summed E-state index contributed by atoms with van der Waals surface area (Å²) in [6.07, 6.45) is 0. The first kappa shape index (κ1) is 29.3. The van der Waals surface area contributed by atoms with E-state index in [-0.39, 0.29) is 33.6 Å². The van der Waals surface area contributed by atoms with Crippen LogP contribution in [0.2, 0.25) is 0 Å². The minimum atomic E-state index is -4.08. The molecule has 0 aliphatic rings. The zero-order chi connectivity index (χ0) is 28.6. The second-order valence-electron chi connectivity index (χ2n) is 8.13. The minimum absolute atomic E-state index is 0.0179. The van der Waals surface area contributed by atoms with Gasteiger partial charge in [-0.1, -0.05) is 22.9 Å². The zero-order valence-electron chi connectivity index (χ0n) is 21.0. The van der Waals surface area contributed by atoms with E-state index in [4.69, 9.17) is 15.7 Å². The standard InChI is InChI=1S/C25H27N5O7S2/c1-3-37-25(33)19(30-39(35,36)18-10-4-15(2)5-11-18)14-27-23(31)20-12-13-21(38-20)24(32)28-17-8-6-16(7-9-17)22(26)29-34/h4-13,19,30,34H,3,14H2,1-2H3,(H2,26,29)(H,27,31)(H,28,32)/t19-/m1/s1. The number of oxime groups is 1. The Labute approximate surface area is 228 Å². The zero-order valence-corrected chi connectivity index (χ0v) is 22.6. The minimum Gasteiger partial charge on any atom is -0.465 e. The van der Waals surface area contributed by atoms with Gasteiger partial charge in [0.1, 0.15) is 6.04 Å². The van der Waals surface area contributed by atoms with E-state index in [9.17, 15) is 22.8 Å². The van der Waals surface area contributed by atoms with E-state index >= 15 is 0 Å². The number of aryl methyl sites for hydroxylation is 1. The third-order valence-corrected chi connectivity index (χ3v) is 7.84. The molecule has 39 heavy (non-hydrogen) atoms. The van der Waals surface area contributed by atoms with E-state index in [1.807, 2.05) is 6.92 Å². The van der Waals surface area contributed by atoms with E-state index in [0.29, 0.717) is 11.3 Å². The van der Waals surface area contributed by atoms with Gasteiger partial charge in [0.25, 0.3) is 11.8 Å². The average Bonchev–Trinajstić information content (AvgIpc) is 3.42. The summed E-state index contributed by atoms with van der Waals surface area (Å²) in [6.45, 7) is 3.02. The maximum Gasteiger partial charge on any atom is 0.326 e. The van der Waals surface area contributed by atoms with Gasteiger partial charge in [-0.15, -0.1) is 11.3 Å². The van der Waals surface area contributed by atoms with Crippen molar-refractivity contribution >= 4 is 50.7 Å². The highest BCUT2D eigenvalue weighted by molar-refractivity contribution is 7.89. The highest BCUT2D eigenvalue weighted by Crippen LogP contribution is 2.19. The molecule has 2 amide bonds. The lowest BCUT2D eigenvalue weighted by Crippen LogP contribution is -2.49. The molecule has 0 spiro atoms. The Morgan fingerprint density at radius 2 is 1.62 bits per heavy atom. The molecule has 6 N–H and O–H groups in total. The maximum atomic E-state index is 12.8. The van der Waals surface area contributed by atoms with Gasteiger partial charge in [-0.3, -0.25) is 14.4 Å². The van der Waals surface area contributed by atoms with Crippen molar-refractivity contribution in [3.8, 4) is 0 Å². The molecule has 14 heteroatoms. The molecule has 0 unspecified atom stereocenters. The van der Waals surface area contributed by atoms with Gasteiger partial charge in [0, 0.05) is 17.8 Å². The fourth-order valence-electron chi connectivity index (χ4n) is 3.23. The number of hydrogen-bond donors (Lipinski definition) is 5. The number of rotatable bonds is 11. The molecule has 1 heterocycles. The monoisotopic (exact) mass is 573 g/mol. The molecule has 3 aromatic rings. The number of anilines is 1. The normalized spacial score (nSPS) is 12.4. The van der Waals surface area contributed by atoms with Crippen LogP contribution in [0.5, 0.6) is 0 Å². The number of nitrogens with one attached hydrogen (secondary N) is 3. The number of amidine groups is 1. The quantitative estimate of drug-likeness (QED) is 0.0757. The van der Waals surface area contributed by atoms with Crippen molar-refractivity contribution in [1.29, 1.82) is 0 Å². The van der Waals surface area contributed by atoms with Crippen LogP contribution < -0.4 is 21.1 Å². The van der Waals surface area contributed by atoms with Gasteiger partial charge < -0.3 is 26.3 Å². The molecule has 0 aliphatic heterocycles. The van der Waals surface area contributed by atoms with Crippen LogP contribution in [0.3, 0.4) is 0 Å². The van der Waals surface area contributed by atoms with Crippen LogP contribution in [0, 0.1) is 6.92 Å². The van der Waals surface area contributed by atoms with Crippen LogP contribution in [0.4, 0.5) is 5.69 Å². The lowest BCUT2D eigenvalue weighted by atomic mass is 10.2. The number of hydrogen-bond acceptors (Lipinski definition) is 9. The van der Waals surface area contributed by atoms with Gasteiger partial charge in [-0.05, 0) is 62.4 Å². The van der Waals surface area contributed by atoms with Crippen LogP contribution in [0.15, 0.2) is 70.7 Å². The third kappa shape index (κ3) is 7.86. The van der Waals surface area contributed by atoms with Crippen LogP contribution >= 0.6 is 11.3 Å². The predicted octanol–water partition coefficient (Wildman–Crippen LogP) is 2.04. The van der Waals surface area contributed by atoms with Gasteiger partial charge in [0.15, 0.2) is 5.84 Å². The first-order chi connectivity index (χ1) is 18.5. The van der Waals surface area contributed by atoms with Gasteiger partial charge in [-0.25, -0.2) is 8.42 Å². The molecule has 1 atom stereocenters. The highest BCUT2D eigenvalue weighted by atomic mass is 32.2. The summed E-state index contributed by atoms with van der Waals surface area (Å²) in [7, 11) is -4.08. The number of ether oxygens (including phenoxy) is 1. The molecule has 0 saturated heterocycles. The van der Waals surface area contributed by atoms with Crippen molar-refractivity contribution in [3.05, 3.63) is 81.5 Å². The number of amides is 2. The fourth-order valence-corrected chi connectivity index (χ4v) is 5.23. The molecule has 1 aromatic heterocycles. The molecule has 0 radical (unpaired) electrons. The maximum absolute atomic E-state index is 12.8. The summed E-state index contributed by atoms with van der Waals surface area (Å²) in [5, 5.41) is 16.8. The van der Waals surface area contributed by atoms with Crippen molar-refractivity contribution in [1.82, 2.24) is 10.0 Å². The van der Waals surface area contributed by atoms with Gasteiger partial charge >= 0.3 is 5.97 Å². The number of carbonyl (C=O) groups is 3. The molecule has 0 saturated carbocycles. The molecular formula is C25H27N5O7S2. The second kappa shape index (κ2) is 13.0. The number of nitrogens with zero attached hydrogens (tertiary/aromatic N) is 1. The van der Waals surface area contributed by atoms with Crippen molar-refractivity contribution in [3.63, 3.8) is 0 Å². The van der Waals surface area contributed by atoms with E-state index in [1.54, 1.807) is 43.3 Å². The summed E-state index contributed by atoms with van der Waals surface area (Å²) in [5.41, 5.74) is 7.30. The largest absolute Gasteiger partial charge is 0.465 e. The molecule has 3 rings (SSSR count). The number of esters is 1. The van der Waals surface area contributed by atoms with Crippen LogP contribution in [0.25, 0.3) is 0 Å². The Kier molecular flexibility index (Phi) is 9.76. The van der Waals surface area contributed by atoms with E-state index in [2.05, 4.69) is 20.5 Å². The Hall–Kier alpha value is -4.27. The van der Waals surface area contributed by atoms with Crippen molar-refractivity contribution < 1.29 is 32.7 Å². The molecule has 206 valence electrons. The van der Waals surface area contributed by atoms with Gasteiger partial charge in [0.05, 0.1) is 21.3 Å². The van der Waals surface area contributed by atoms with Crippen LogP contribution in [-0.4, -0.2) is 56.4 Å². The van der Waals surface area contributed by atoms with E-state index < -0.39 is 33.8 Å². The third-order valence-electron chi connectivity index (χ3n) is 5.27. The Bertz CT molecular complexity index is 1470. The van der Waals surface area contributed by atoms with Crippen molar-refractivity contribution in [2.75, 3.05) is 18.5 Å². The van der Waals surface area contributed by atoms with Crippen molar-refractivity contribution in [2.24, 2.45) is 10.9 Å². The SMILES string of the molecule is CCOC(=O)[C@@H](CNC(=O)c1ccc(C(=O)Nc2ccc(/C(N)=N/O)cc2)s1)NS(=O)(=O)c1ccc(C)cc1. The second-order valence-corrected chi connectivity index (χ2v) is 10.9. The molecular weight excluding hydrogens is 546 g/mol. The lowest BCUT2D eigenvalue weighted by molar-refractivity contribution is -0.144. The Morgan fingerprint density at radius 3 is 2.21 bits per heavy atom. The molecule has 12 nitrogen and oxygen atoms in total. The fraction of sp³-hybridized carbons (Fsp3) is 0.200. The molecule has 0 aliphatic carbocycles. The Balaban J connectivity index is 1.64. The average molecular weight is 574 g/mol. The smallest absolute Gasteiger partial charge is 0.326 e. The van der Waals surface area contributed by atoms with Gasteiger partial charge in [0.2, 0.25) is 10.0 Å². The number of sulfonamides is 1. The summed E-state index contributed by atoms with van der Waals surface area (Å²) >= 11 is 0.911. The molecule has 0 bridgehead atoms. The topological polar surface area (TPSA) is 189 Å². The highest BCUT2D eigenvalue weighted by Gasteiger charge is 2.28. The van der Waals surface area contributed by atoms with Gasteiger partial charge in [-0.2, -0.15) is 4.72 Å². The number of benzene rings is 2. The van der Waals surface area contributed by atoms with Crippen LogP contribution in [0.1, 0.15) is 37.4 Å². The first-order valence-corrected chi connectivity index (χ1v) is 13.9. The van der Waals surface area contributed by atoms with Crippen LogP contribution in [-0.2, 0) is 19.6 Å². The summed E-state index contributed by atoms with van der Waals surface area (Å²) in [5.74, 6) is -2.00. The molecule has 2 aromatic carbocycles. The predicted molar refractivity (Wildman–Crippen MR) is 145 cm³/mol.